The number of halogens is 1. The molecule has 27 heavy (non-hydrogen) atoms. The molecule has 0 aliphatic carbocycles. The number of rotatable bonds is 9. The van der Waals surface area contributed by atoms with Crippen LogP contribution < -0.4 is 5.32 Å². The number of furan rings is 1. The average Bonchev–Trinajstić information content (AvgIpc) is 3.12. The van der Waals surface area contributed by atoms with Crippen molar-refractivity contribution in [2.24, 2.45) is 0 Å². The monoisotopic (exact) mass is 384 g/mol. The smallest absolute Gasteiger partial charge is 0.211 e. The van der Waals surface area contributed by atoms with Crippen molar-refractivity contribution in [2.45, 2.75) is 19.9 Å². The van der Waals surface area contributed by atoms with Crippen molar-refractivity contribution in [3.8, 4) is 0 Å². The maximum atomic E-state index is 12.5. The second kappa shape index (κ2) is 9.18. The molecule has 3 rings (SSSR count). The quantitative estimate of drug-likeness (QED) is 0.530. The number of fused-ring (bicyclic) bond motifs is 1. The summed E-state index contributed by atoms with van der Waals surface area (Å²) in [5.41, 5.74) is 1.93. The first-order chi connectivity index (χ1) is 13.1. The van der Waals surface area contributed by atoms with Gasteiger partial charge in [0.2, 0.25) is 5.78 Å². The highest BCUT2D eigenvalue weighted by atomic mass is 35.5. The number of carbonyl (C=O) groups is 1. The van der Waals surface area contributed by atoms with Crippen LogP contribution in [0.15, 0.2) is 59.0 Å². The Hall–Kier alpha value is -2.14. The lowest BCUT2D eigenvalue weighted by Gasteiger charge is -2.30. The van der Waals surface area contributed by atoms with Crippen LogP contribution in [0.4, 0.5) is 0 Å². The average molecular weight is 385 g/mol. The minimum absolute atomic E-state index is 0.0411. The zero-order valence-corrected chi connectivity index (χ0v) is 16.5. The van der Waals surface area contributed by atoms with E-state index >= 15 is 0 Å². The molecule has 0 aliphatic heterocycles. The fraction of sp³-hybridized carbons (Fsp3) is 0.318. The van der Waals surface area contributed by atoms with Crippen molar-refractivity contribution < 1.29 is 9.21 Å². The van der Waals surface area contributed by atoms with E-state index in [1.165, 1.54) is 5.56 Å². The van der Waals surface area contributed by atoms with Gasteiger partial charge in [-0.05, 0) is 42.9 Å². The van der Waals surface area contributed by atoms with E-state index < -0.39 is 0 Å². The number of benzene rings is 2. The number of ketones is 1. The molecule has 1 N–H and O–H groups in total. The first-order valence-corrected chi connectivity index (χ1v) is 9.72. The lowest BCUT2D eigenvalue weighted by atomic mass is 10.0. The third kappa shape index (κ3) is 4.78. The highest BCUT2D eigenvalue weighted by molar-refractivity contribution is 6.30. The standard InChI is InChI=1S/C22H25ClN2O2/c1-3-25(4-2)19(16-9-11-18(23)12-10-16)14-24-15-20(26)22-13-17-7-5-6-8-21(17)27-22/h5-13,19,24H,3-4,14-15H2,1-2H3. The van der Waals surface area contributed by atoms with Gasteiger partial charge in [0.25, 0.3) is 0 Å². The van der Waals surface area contributed by atoms with E-state index in [1.54, 1.807) is 6.07 Å². The molecule has 1 aromatic heterocycles. The molecule has 2 aromatic carbocycles. The van der Waals surface area contributed by atoms with Gasteiger partial charge in [0.15, 0.2) is 5.76 Å². The summed E-state index contributed by atoms with van der Waals surface area (Å²) in [7, 11) is 0. The molecule has 142 valence electrons. The molecule has 0 radical (unpaired) electrons. The molecular weight excluding hydrogens is 360 g/mol. The normalized spacial score (nSPS) is 12.6. The Morgan fingerprint density at radius 2 is 1.81 bits per heavy atom. The Kier molecular flexibility index (Phi) is 6.67. The van der Waals surface area contributed by atoms with Crippen molar-refractivity contribution >= 4 is 28.4 Å². The van der Waals surface area contributed by atoms with Crippen molar-refractivity contribution in [3.05, 3.63) is 70.9 Å². The van der Waals surface area contributed by atoms with Crippen LogP contribution in [-0.2, 0) is 0 Å². The Bertz CT molecular complexity index is 852. The fourth-order valence-corrected chi connectivity index (χ4v) is 3.46. The number of hydrogen-bond acceptors (Lipinski definition) is 4. The second-order valence-corrected chi connectivity index (χ2v) is 6.93. The van der Waals surface area contributed by atoms with Gasteiger partial charge in [-0.3, -0.25) is 9.69 Å². The van der Waals surface area contributed by atoms with Gasteiger partial charge in [0, 0.05) is 23.0 Å². The SMILES string of the molecule is CCN(CC)C(CNCC(=O)c1cc2ccccc2o1)c1ccc(Cl)cc1. The summed E-state index contributed by atoms with van der Waals surface area (Å²) < 4.78 is 5.66. The van der Waals surface area contributed by atoms with Crippen LogP contribution in [0, 0.1) is 0 Å². The number of para-hydroxylation sites is 1. The van der Waals surface area contributed by atoms with Gasteiger partial charge in [0.1, 0.15) is 5.58 Å². The number of nitrogens with one attached hydrogen (secondary N) is 1. The first kappa shape index (κ1) is 19.6. The molecule has 0 aliphatic rings. The van der Waals surface area contributed by atoms with E-state index in [2.05, 4.69) is 24.1 Å². The summed E-state index contributed by atoms with van der Waals surface area (Å²) in [4.78, 5) is 14.9. The number of nitrogens with zero attached hydrogens (tertiary/aromatic N) is 1. The molecule has 3 aromatic rings. The maximum Gasteiger partial charge on any atom is 0.211 e. The van der Waals surface area contributed by atoms with Crippen LogP contribution in [0.3, 0.4) is 0 Å². The lowest BCUT2D eigenvalue weighted by Crippen LogP contribution is -2.37. The molecule has 0 amide bonds. The number of hydrogen-bond donors (Lipinski definition) is 1. The van der Waals surface area contributed by atoms with Crippen LogP contribution in [0.2, 0.25) is 5.02 Å². The molecule has 0 bridgehead atoms. The van der Waals surface area contributed by atoms with Gasteiger partial charge in [0.05, 0.1) is 6.54 Å². The molecule has 1 heterocycles. The third-order valence-electron chi connectivity index (χ3n) is 4.83. The van der Waals surface area contributed by atoms with Gasteiger partial charge in [-0.25, -0.2) is 0 Å². The first-order valence-electron chi connectivity index (χ1n) is 9.34. The molecule has 4 nitrogen and oxygen atoms in total. The van der Waals surface area contributed by atoms with Crippen LogP contribution in [0.1, 0.15) is 36.0 Å². The molecule has 0 spiro atoms. The zero-order chi connectivity index (χ0) is 19.2. The number of likely N-dealkylation sites (N-methyl/N-ethyl adjacent to an activating group) is 1. The third-order valence-corrected chi connectivity index (χ3v) is 5.08. The van der Waals surface area contributed by atoms with Crippen LogP contribution in [0.25, 0.3) is 11.0 Å². The highest BCUT2D eigenvalue weighted by Crippen LogP contribution is 2.22. The predicted octanol–water partition coefficient (Wildman–Crippen LogP) is 4.94. The Morgan fingerprint density at radius 3 is 2.48 bits per heavy atom. The number of carbonyl (C=O) groups excluding carboxylic acids is 1. The predicted molar refractivity (Wildman–Crippen MR) is 111 cm³/mol. The molecular formula is C22H25ClN2O2. The molecule has 0 saturated heterocycles. The summed E-state index contributed by atoms with van der Waals surface area (Å²) in [5, 5.41) is 4.98. The maximum absolute atomic E-state index is 12.5. The van der Waals surface area contributed by atoms with Crippen molar-refractivity contribution in [1.29, 1.82) is 0 Å². The van der Waals surface area contributed by atoms with Crippen LogP contribution in [-0.4, -0.2) is 36.9 Å². The largest absolute Gasteiger partial charge is 0.453 e. The summed E-state index contributed by atoms with van der Waals surface area (Å²) in [6.45, 7) is 7.07. The van der Waals surface area contributed by atoms with Crippen molar-refractivity contribution in [2.75, 3.05) is 26.2 Å². The number of Topliss-reactive ketones (excluding diaryl/α,β-unsaturated/α-hetero) is 1. The van der Waals surface area contributed by atoms with E-state index in [4.69, 9.17) is 16.0 Å². The summed E-state index contributed by atoms with van der Waals surface area (Å²) in [6, 6.07) is 17.6. The molecule has 1 unspecified atom stereocenters. The fourth-order valence-electron chi connectivity index (χ4n) is 3.34. The molecule has 5 heteroatoms. The highest BCUT2D eigenvalue weighted by Gasteiger charge is 2.19. The zero-order valence-electron chi connectivity index (χ0n) is 15.7. The summed E-state index contributed by atoms with van der Waals surface area (Å²) in [5.74, 6) is 0.357. The second-order valence-electron chi connectivity index (χ2n) is 6.49. The van der Waals surface area contributed by atoms with E-state index in [0.29, 0.717) is 12.3 Å². The van der Waals surface area contributed by atoms with Gasteiger partial charge in [-0.1, -0.05) is 55.8 Å². The van der Waals surface area contributed by atoms with Crippen molar-refractivity contribution in [1.82, 2.24) is 10.2 Å². The summed E-state index contributed by atoms with van der Waals surface area (Å²) >= 11 is 6.03. The lowest BCUT2D eigenvalue weighted by molar-refractivity contribution is 0.0962. The Morgan fingerprint density at radius 1 is 1.11 bits per heavy atom. The van der Waals surface area contributed by atoms with Crippen LogP contribution in [0.5, 0.6) is 0 Å². The molecule has 1 atom stereocenters. The van der Waals surface area contributed by atoms with E-state index in [1.807, 2.05) is 48.5 Å². The van der Waals surface area contributed by atoms with Crippen molar-refractivity contribution in [3.63, 3.8) is 0 Å². The minimum Gasteiger partial charge on any atom is -0.453 e. The van der Waals surface area contributed by atoms with Gasteiger partial charge in [-0.2, -0.15) is 0 Å². The van der Waals surface area contributed by atoms with Gasteiger partial charge < -0.3 is 9.73 Å². The Labute approximate surface area is 165 Å². The van der Waals surface area contributed by atoms with E-state index in [0.717, 1.165) is 29.1 Å². The molecule has 0 fully saturated rings. The topological polar surface area (TPSA) is 45.5 Å². The minimum atomic E-state index is -0.0411. The van der Waals surface area contributed by atoms with Gasteiger partial charge in [-0.15, -0.1) is 0 Å². The van der Waals surface area contributed by atoms with E-state index in [-0.39, 0.29) is 18.4 Å². The van der Waals surface area contributed by atoms with Crippen LogP contribution >= 0.6 is 11.6 Å². The Balaban J connectivity index is 1.65. The van der Waals surface area contributed by atoms with Gasteiger partial charge >= 0.3 is 0 Å². The molecule has 0 saturated carbocycles. The van der Waals surface area contributed by atoms with E-state index in [9.17, 15) is 4.79 Å². The summed E-state index contributed by atoms with van der Waals surface area (Å²) in [6.07, 6.45) is 0.